The van der Waals surface area contributed by atoms with Gasteiger partial charge in [0.1, 0.15) is 45.7 Å². The topological polar surface area (TPSA) is 57.5 Å². The molecule has 0 aliphatic carbocycles. The molecule has 3 aromatic rings. The Labute approximate surface area is 177 Å². The Morgan fingerprint density at radius 3 is 2.37 bits per heavy atom. The molecule has 1 aromatic heterocycles. The number of halogens is 4. The summed E-state index contributed by atoms with van der Waals surface area (Å²) in [6.07, 6.45) is 0. The van der Waals surface area contributed by atoms with Crippen LogP contribution in [0.2, 0.25) is 0 Å². The zero-order chi connectivity index (χ0) is 22.0. The molecule has 3 rings (SSSR count). The summed E-state index contributed by atoms with van der Waals surface area (Å²) in [5.41, 5.74) is -0.641. The van der Waals surface area contributed by atoms with E-state index in [1.54, 1.807) is 0 Å². The van der Waals surface area contributed by atoms with Crippen LogP contribution < -0.4 is 15.0 Å². The Kier molecular flexibility index (Phi) is 6.31. The average molecular weight is 482 g/mol. The largest absolute Gasteiger partial charge is 0.487 e. The average Bonchev–Trinajstić information content (AvgIpc) is 2.66. The Bertz CT molecular complexity index is 1170. The minimum absolute atomic E-state index is 0.0166. The molecule has 0 N–H and O–H groups in total. The highest BCUT2D eigenvalue weighted by molar-refractivity contribution is 9.10. The number of pyridine rings is 1. The number of esters is 1. The van der Waals surface area contributed by atoms with Gasteiger partial charge in [-0.15, -0.1) is 0 Å². The smallest absolute Gasteiger partial charge is 0.308 e. The molecular weight excluding hydrogens is 467 g/mol. The van der Waals surface area contributed by atoms with E-state index in [2.05, 4.69) is 15.9 Å². The van der Waals surface area contributed by atoms with Gasteiger partial charge < -0.3 is 9.47 Å². The van der Waals surface area contributed by atoms with Gasteiger partial charge in [-0.2, -0.15) is 0 Å². The molecule has 0 amide bonds. The highest BCUT2D eigenvalue weighted by Gasteiger charge is 2.19. The predicted octanol–water partition coefficient (Wildman–Crippen LogP) is 4.83. The molecule has 30 heavy (non-hydrogen) atoms. The molecule has 156 valence electrons. The maximum Gasteiger partial charge on any atom is 0.308 e. The molecule has 0 radical (unpaired) electrons. The molecular formula is C21H15BrF3NO4. The molecule has 0 saturated heterocycles. The van der Waals surface area contributed by atoms with Crippen molar-refractivity contribution in [1.29, 1.82) is 0 Å². The molecule has 0 aliphatic rings. The molecule has 0 fully saturated rings. The summed E-state index contributed by atoms with van der Waals surface area (Å²) in [7, 11) is 0. The zero-order valence-electron chi connectivity index (χ0n) is 15.8. The fraction of sp³-hybridized carbons (Fsp3) is 0.143. The first-order chi connectivity index (χ1) is 14.2. The normalized spacial score (nSPS) is 10.7. The fourth-order valence-electron chi connectivity index (χ4n) is 2.82. The van der Waals surface area contributed by atoms with E-state index in [0.717, 1.165) is 22.8 Å². The molecule has 0 saturated carbocycles. The third-order valence-corrected chi connectivity index (χ3v) is 4.86. The fourth-order valence-corrected chi connectivity index (χ4v) is 3.23. The predicted molar refractivity (Wildman–Crippen MR) is 106 cm³/mol. The number of rotatable bonds is 5. The molecule has 0 atom stereocenters. The van der Waals surface area contributed by atoms with Gasteiger partial charge in [-0.05, 0) is 47.1 Å². The summed E-state index contributed by atoms with van der Waals surface area (Å²) in [6, 6.07) is 8.31. The lowest BCUT2D eigenvalue weighted by Crippen LogP contribution is -2.24. The number of benzene rings is 2. The third kappa shape index (κ3) is 4.40. The molecule has 0 bridgehead atoms. The van der Waals surface area contributed by atoms with Gasteiger partial charge in [0.2, 0.25) is 0 Å². The number of para-hydroxylation sites is 1. The van der Waals surface area contributed by atoms with Crippen molar-refractivity contribution >= 4 is 21.9 Å². The van der Waals surface area contributed by atoms with Crippen molar-refractivity contribution in [3.8, 4) is 17.2 Å². The number of aryl methyl sites for hydroxylation is 1. The summed E-state index contributed by atoms with van der Waals surface area (Å²) in [5.74, 6) is -2.92. The minimum Gasteiger partial charge on any atom is -0.487 e. The van der Waals surface area contributed by atoms with Gasteiger partial charge in [-0.3, -0.25) is 14.2 Å². The SMILES string of the molecule is CC(=O)Oc1cc(F)ccc1COc1cc(C)n(-c2c(F)cccc2F)c(=O)c1Br. The van der Waals surface area contributed by atoms with Gasteiger partial charge >= 0.3 is 5.97 Å². The van der Waals surface area contributed by atoms with Gasteiger partial charge in [-0.25, -0.2) is 13.2 Å². The first-order valence-corrected chi connectivity index (χ1v) is 9.44. The lowest BCUT2D eigenvalue weighted by Gasteiger charge is -2.16. The second-order valence-electron chi connectivity index (χ2n) is 6.31. The number of carbonyl (C=O) groups excluding carboxylic acids is 1. The van der Waals surface area contributed by atoms with Crippen LogP contribution >= 0.6 is 15.9 Å². The first kappa shape index (κ1) is 21.6. The monoisotopic (exact) mass is 481 g/mol. The van der Waals surface area contributed by atoms with Crippen LogP contribution in [0.4, 0.5) is 13.2 Å². The van der Waals surface area contributed by atoms with Crippen LogP contribution in [-0.2, 0) is 11.4 Å². The summed E-state index contributed by atoms with van der Waals surface area (Å²) >= 11 is 3.11. The number of nitrogens with zero attached hydrogens (tertiary/aromatic N) is 1. The van der Waals surface area contributed by atoms with E-state index in [9.17, 15) is 22.8 Å². The number of ether oxygens (including phenoxy) is 2. The van der Waals surface area contributed by atoms with Gasteiger partial charge in [-0.1, -0.05) is 6.07 Å². The van der Waals surface area contributed by atoms with Crippen molar-refractivity contribution < 1.29 is 27.4 Å². The number of aromatic nitrogens is 1. The van der Waals surface area contributed by atoms with Gasteiger partial charge in [0.15, 0.2) is 0 Å². The van der Waals surface area contributed by atoms with Crippen molar-refractivity contribution in [2.45, 2.75) is 20.5 Å². The Morgan fingerprint density at radius 1 is 1.07 bits per heavy atom. The van der Waals surface area contributed by atoms with Crippen molar-refractivity contribution in [2.24, 2.45) is 0 Å². The number of hydrogen-bond acceptors (Lipinski definition) is 4. The van der Waals surface area contributed by atoms with Crippen LogP contribution in [-0.4, -0.2) is 10.5 Å². The molecule has 0 unspecified atom stereocenters. The van der Waals surface area contributed by atoms with Crippen LogP contribution in [0.3, 0.4) is 0 Å². The molecule has 9 heteroatoms. The first-order valence-electron chi connectivity index (χ1n) is 8.65. The van der Waals surface area contributed by atoms with E-state index >= 15 is 0 Å². The summed E-state index contributed by atoms with van der Waals surface area (Å²) in [4.78, 5) is 24.0. The molecule has 0 spiro atoms. The maximum atomic E-state index is 14.2. The standard InChI is InChI=1S/C21H15BrF3NO4/c1-11-8-18(29-10-13-6-7-14(23)9-17(13)30-12(2)27)19(22)21(28)26(11)20-15(24)4-3-5-16(20)25/h3-9H,10H2,1-2H3. The van der Waals surface area contributed by atoms with E-state index in [4.69, 9.17) is 9.47 Å². The highest BCUT2D eigenvalue weighted by atomic mass is 79.9. The van der Waals surface area contributed by atoms with Crippen LogP contribution in [0.15, 0.2) is 51.7 Å². The number of hydrogen-bond donors (Lipinski definition) is 0. The van der Waals surface area contributed by atoms with E-state index in [1.165, 1.54) is 38.1 Å². The van der Waals surface area contributed by atoms with Crippen LogP contribution in [0.5, 0.6) is 11.5 Å². The van der Waals surface area contributed by atoms with E-state index in [-0.39, 0.29) is 28.3 Å². The molecule has 5 nitrogen and oxygen atoms in total. The van der Waals surface area contributed by atoms with Crippen molar-refractivity contribution in [3.63, 3.8) is 0 Å². The summed E-state index contributed by atoms with van der Waals surface area (Å²) in [5, 5.41) is 0. The van der Waals surface area contributed by atoms with Crippen LogP contribution in [0, 0.1) is 24.4 Å². The van der Waals surface area contributed by atoms with Crippen molar-refractivity contribution in [3.05, 3.63) is 86.0 Å². The van der Waals surface area contributed by atoms with Gasteiger partial charge in [0.25, 0.3) is 5.56 Å². The van der Waals surface area contributed by atoms with Gasteiger partial charge in [0.05, 0.1) is 0 Å². The second-order valence-corrected chi connectivity index (χ2v) is 7.10. The Balaban J connectivity index is 1.97. The number of carbonyl (C=O) groups is 1. The molecule has 0 aliphatic heterocycles. The molecule has 1 heterocycles. The lowest BCUT2D eigenvalue weighted by molar-refractivity contribution is -0.131. The summed E-state index contributed by atoms with van der Waals surface area (Å²) < 4.78 is 53.2. The van der Waals surface area contributed by atoms with Gasteiger partial charge in [0, 0.05) is 30.3 Å². The second kappa shape index (κ2) is 8.74. The lowest BCUT2D eigenvalue weighted by atomic mass is 10.2. The Hall–Kier alpha value is -3.07. The van der Waals surface area contributed by atoms with Crippen LogP contribution in [0.1, 0.15) is 18.2 Å². The minimum atomic E-state index is -0.891. The van der Waals surface area contributed by atoms with E-state index < -0.39 is 34.7 Å². The molecule has 2 aromatic carbocycles. The summed E-state index contributed by atoms with van der Waals surface area (Å²) in [6.45, 7) is 2.52. The van der Waals surface area contributed by atoms with Crippen molar-refractivity contribution in [1.82, 2.24) is 4.57 Å². The van der Waals surface area contributed by atoms with E-state index in [1.807, 2.05) is 0 Å². The maximum absolute atomic E-state index is 14.2. The Morgan fingerprint density at radius 2 is 1.73 bits per heavy atom. The zero-order valence-corrected chi connectivity index (χ0v) is 17.4. The highest BCUT2D eigenvalue weighted by Crippen LogP contribution is 2.28. The van der Waals surface area contributed by atoms with Crippen LogP contribution in [0.25, 0.3) is 5.69 Å². The van der Waals surface area contributed by atoms with Crippen molar-refractivity contribution in [2.75, 3.05) is 0 Å². The third-order valence-electron chi connectivity index (χ3n) is 4.13. The van der Waals surface area contributed by atoms with E-state index in [0.29, 0.717) is 5.56 Å². The quantitative estimate of drug-likeness (QED) is 0.386.